The second-order valence-corrected chi connectivity index (χ2v) is 3.65. The smallest absolute Gasteiger partial charge is 0.327 e. The maximum atomic E-state index is 10.1. The second kappa shape index (κ2) is 10.3. The maximum Gasteiger partial charge on any atom is 0.327 e. The molecule has 14 heavy (non-hydrogen) atoms. The number of rotatable bonds is 9. The van der Waals surface area contributed by atoms with Crippen LogP contribution in [0.25, 0.3) is 0 Å². The lowest BCUT2D eigenvalue weighted by Crippen LogP contribution is -1.85. The third-order valence-corrected chi connectivity index (χ3v) is 2.23. The Bertz CT molecular complexity index is 162. The van der Waals surface area contributed by atoms with Crippen molar-refractivity contribution in [2.45, 2.75) is 58.3 Å². The molecule has 2 heteroatoms. The molecule has 0 aliphatic rings. The van der Waals surface area contributed by atoms with Crippen LogP contribution < -0.4 is 0 Å². The lowest BCUT2D eigenvalue weighted by Gasteiger charge is -1.98. The highest BCUT2D eigenvalue weighted by Crippen LogP contribution is 2.08. The van der Waals surface area contributed by atoms with E-state index in [4.69, 9.17) is 5.11 Å². The molecule has 0 amide bonds. The fourth-order valence-electron chi connectivity index (χ4n) is 1.40. The van der Waals surface area contributed by atoms with Gasteiger partial charge in [-0.05, 0) is 12.8 Å². The number of unbranched alkanes of at least 4 members (excludes halogenated alkanes) is 7. The Kier molecular flexibility index (Phi) is 9.71. The summed E-state index contributed by atoms with van der Waals surface area (Å²) in [5.41, 5.74) is 0. The Balaban J connectivity index is 3.02. The van der Waals surface area contributed by atoms with Gasteiger partial charge in [-0.2, -0.15) is 0 Å². The average Bonchev–Trinajstić information content (AvgIpc) is 2.15. The number of hydrogen-bond donors (Lipinski definition) is 1. The van der Waals surface area contributed by atoms with Gasteiger partial charge in [-0.15, -0.1) is 0 Å². The predicted octanol–water partition coefficient (Wildman–Crippen LogP) is 3.77. The fraction of sp³-hybridized carbons (Fsp3) is 0.750. The molecule has 0 aliphatic carbocycles. The third-order valence-electron chi connectivity index (χ3n) is 2.23. The SMILES string of the molecule is CCCCCCCCCC=CC(=O)O. The maximum absolute atomic E-state index is 10.1. The van der Waals surface area contributed by atoms with Gasteiger partial charge in [0.25, 0.3) is 0 Å². The second-order valence-electron chi connectivity index (χ2n) is 3.65. The Labute approximate surface area is 87.0 Å². The monoisotopic (exact) mass is 198 g/mol. The van der Waals surface area contributed by atoms with E-state index in [1.165, 1.54) is 44.6 Å². The van der Waals surface area contributed by atoms with Crippen molar-refractivity contribution in [3.05, 3.63) is 12.2 Å². The van der Waals surface area contributed by atoms with Crippen LogP contribution in [0.5, 0.6) is 0 Å². The number of aliphatic carboxylic acids is 1. The van der Waals surface area contributed by atoms with E-state index < -0.39 is 5.97 Å². The molecule has 0 aromatic heterocycles. The van der Waals surface area contributed by atoms with Gasteiger partial charge in [-0.3, -0.25) is 0 Å². The fourth-order valence-corrected chi connectivity index (χ4v) is 1.40. The molecule has 0 atom stereocenters. The molecule has 0 radical (unpaired) electrons. The van der Waals surface area contributed by atoms with Crippen LogP contribution in [0.3, 0.4) is 0 Å². The summed E-state index contributed by atoms with van der Waals surface area (Å²) < 4.78 is 0. The van der Waals surface area contributed by atoms with Crippen LogP contribution in [0.15, 0.2) is 12.2 Å². The molecule has 0 saturated heterocycles. The van der Waals surface area contributed by atoms with Crippen molar-refractivity contribution in [1.82, 2.24) is 0 Å². The quantitative estimate of drug-likeness (QED) is 0.452. The van der Waals surface area contributed by atoms with Gasteiger partial charge in [0, 0.05) is 6.08 Å². The van der Waals surface area contributed by atoms with Crippen LogP contribution in [0.4, 0.5) is 0 Å². The highest BCUT2D eigenvalue weighted by Gasteiger charge is 1.90. The molecule has 0 aromatic rings. The molecule has 1 N–H and O–H groups in total. The normalized spacial score (nSPS) is 10.9. The molecule has 0 rings (SSSR count). The largest absolute Gasteiger partial charge is 0.478 e. The summed E-state index contributed by atoms with van der Waals surface area (Å²) >= 11 is 0. The van der Waals surface area contributed by atoms with E-state index in [1.807, 2.05) is 0 Å². The van der Waals surface area contributed by atoms with Crippen molar-refractivity contribution in [3.63, 3.8) is 0 Å². The molecule has 0 unspecified atom stereocenters. The van der Waals surface area contributed by atoms with E-state index in [0.29, 0.717) is 0 Å². The van der Waals surface area contributed by atoms with Crippen molar-refractivity contribution in [1.29, 1.82) is 0 Å². The lowest BCUT2D eigenvalue weighted by atomic mass is 10.1. The molecular formula is C12H22O2. The summed E-state index contributed by atoms with van der Waals surface area (Å²) in [5, 5.41) is 8.33. The standard InChI is InChI=1S/C12H22O2/c1-2-3-4-5-6-7-8-9-10-11-12(13)14/h10-11H,2-9H2,1H3,(H,13,14). The first-order chi connectivity index (χ1) is 6.77. The van der Waals surface area contributed by atoms with E-state index in [9.17, 15) is 4.79 Å². The van der Waals surface area contributed by atoms with Crippen LogP contribution >= 0.6 is 0 Å². The molecule has 82 valence electrons. The van der Waals surface area contributed by atoms with Gasteiger partial charge in [0.2, 0.25) is 0 Å². The van der Waals surface area contributed by atoms with Gasteiger partial charge in [0.15, 0.2) is 0 Å². The molecule has 0 saturated carbocycles. The zero-order chi connectivity index (χ0) is 10.6. The van der Waals surface area contributed by atoms with E-state index in [1.54, 1.807) is 6.08 Å². The first kappa shape index (κ1) is 13.2. The first-order valence-electron chi connectivity index (χ1n) is 5.67. The zero-order valence-corrected chi connectivity index (χ0v) is 9.17. The van der Waals surface area contributed by atoms with Crippen LogP contribution in [0, 0.1) is 0 Å². The Hall–Kier alpha value is -0.790. The van der Waals surface area contributed by atoms with Crippen molar-refractivity contribution in [2.75, 3.05) is 0 Å². The number of hydrogen-bond acceptors (Lipinski definition) is 1. The topological polar surface area (TPSA) is 37.3 Å². The summed E-state index contributed by atoms with van der Waals surface area (Å²) in [6.45, 7) is 2.22. The Morgan fingerprint density at radius 2 is 1.64 bits per heavy atom. The molecule has 0 spiro atoms. The van der Waals surface area contributed by atoms with Crippen LogP contribution in [-0.2, 0) is 4.79 Å². The van der Waals surface area contributed by atoms with Crippen LogP contribution in [-0.4, -0.2) is 11.1 Å². The molecular weight excluding hydrogens is 176 g/mol. The third kappa shape index (κ3) is 11.2. The molecule has 0 fully saturated rings. The summed E-state index contributed by atoms with van der Waals surface area (Å²) in [6, 6.07) is 0. The highest BCUT2D eigenvalue weighted by molar-refractivity contribution is 5.79. The summed E-state index contributed by atoms with van der Waals surface area (Å²) in [6.07, 6.45) is 12.8. The van der Waals surface area contributed by atoms with Gasteiger partial charge in [0.05, 0.1) is 0 Å². The molecule has 0 aromatic carbocycles. The number of allylic oxidation sites excluding steroid dienone is 1. The van der Waals surface area contributed by atoms with Crippen molar-refractivity contribution in [2.24, 2.45) is 0 Å². The van der Waals surface area contributed by atoms with E-state index in [2.05, 4.69) is 6.92 Å². The molecule has 0 aliphatic heterocycles. The Morgan fingerprint density at radius 1 is 1.07 bits per heavy atom. The summed E-state index contributed by atoms with van der Waals surface area (Å²) in [7, 11) is 0. The van der Waals surface area contributed by atoms with Crippen molar-refractivity contribution in [3.8, 4) is 0 Å². The van der Waals surface area contributed by atoms with Gasteiger partial charge < -0.3 is 5.11 Å². The van der Waals surface area contributed by atoms with Gasteiger partial charge >= 0.3 is 5.97 Å². The van der Waals surface area contributed by atoms with Crippen molar-refractivity contribution < 1.29 is 9.90 Å². The average molecular weight is 198 g/mol. The van der Waals surface area contributed by atoms with Crippen LogP contribution in [0.1, 0.15) is 58.3 Å². The minimum atomic E-state index is -0.840. The van der Waals surface area contributed by atoms with Gasteiger partial charge in [-0.25, -0.2) is 4.79 Å². The molecule has 2 nitrogen and oxygen atoms in total. The van der Waals surface area contributed by atoms with Crippen molar-refractivity contribution >= 4 is 5.97 Å². The Morgan fingerprint density at radius 3 is 2.21 bits per heavy atom. The zero-order valence-electron chi connectivity index (χ0n) is 9.17. The summed E-state index contributed by atoms with van der Waals surface area (Å²) in [4.78, 5) is 10.1. The minimum absolute atomic E-state index is 0.840. The van der Waals surface area contributed by atoms with Gasteiger partial charge in [0.1, 0.15) is 0 Å². The number of carbonyl (C=O) groups is 1. The molecule has 0 heterocycles. The van der Waals surface area contributed by atoms with Gasteiger partial charge in [-0.1, -0.05) is 51.5 Å². The number of carboxylic acid groups (broad SMARTS) is 1. The van der Waals surface area contributed by atoms with Crippen LogP contribution in [0.2, 0.25) is 0 Å². The predicted molar refractivity (Wildman–Crippen MR) is 59.4 cm³/mol. The van der Waals surface area contributed by atoms with E-state index >= 15 is 0 Å². The number of carboxylic acids is 1. The minimum Gasteiger partial charge on any atom is -0.478 e. The first-order valence-corrected chi connectivity index (χ1v) is 5.67. The summed E-state index contributed by atoms with van der Waals surface area (Å²) in [5.74, 6) is -0.840. The lowest BCUT2D eigenvalue weighted by molar-refractivity contribution is -0.131. The van der Waals surface area contributed by atoms with E-state index in [0.717, 1.165) is 12.8 Å². The highest BCUT2D eigenvalue weighted by atomic mass is 16.4. The molecule has 0 bridgehead atoms. The van der Waals surface area contributed by atoms with E-state index in [-0.39, 0.29) is 0 Å².